The minimum atomic E-state index is -1.28. The molecule has 6 N–H and O–H groups in total. The molecular weight excluding hydrogens is 270 g/mol. The lowest BCUT2D eigenvalue weighted by Crippen LogP contribution is -2.15. The van der Waals surface area contributed by atoms with Crippen molar-refractivity contribution in [2.75, 3.05) is 5.73 Å². The van der Waals surface area contributed by atoms with E-state index in [1.165, 1.54) is 0 Å². The summed E-state index contributed by atoms with van der Waals surface area (Å²) >= 11 is 0. The van der Waals surface area contributed by atoms with E-state index in [4.69, 9.17) is 21.1 Å². The molecule has 20 heavy (non-hydrogen) atoms. The average Bonchev–Trinajstić information content (AvgIpc) is 2.27. The maximum absolute atomic E-state index is 10.9. The van der Waals surface area contributed by atoms with Crippen LogP contribution in [0.1, 0.15) is 16.7 Å². The molecule has 0 aliphatic rings. The number of phenols is 1. The molecule has 8 nitrogen and oxygen atoms in total. The lowest BCUT2D eigenvalue weighted by atomic mass is 9.92. The summed E-state index contributed by atoms with van der Waals surface area (Å²) in [6.07, 6.45) is -1.80. The summed E-state index contributed by atoms with van der Waals surface area (Å²) < 4.78 is 0. The quantitative estimate of drug-likeness (QED) is 0.451. The van der Waals surface area contributed by atoms with Crippen LogP contribution in [0.5, 0.6) is 5.75 Å². The zero-order valence-electron chi connectivity index (χ0n) is 10.3. The second-order valence-corrected chi connectivity index (χ2v) is 4.13. The average molecular weight is 283 g/mol. The van der Waals surface area contributed by atoms with Crippen molar-refractivity contribution in [1.82, 2.24) is 0 Å². The molecule has 0 aromatic heterocycles. The SMILES string of the molecule is Nc1cc(O)c(CC(=O)O)c(CC(=O)O)c1CC(=O)O. The molecule has 0 atom stereocenters. The highest BCUT2D eigenvalue weighted by Gasteiger charge is 2.22. The van der Waals surface area contributed by atoms with E-state index in [1.807, 2.05) is 0 Å². The highest BCUT2D eigenvalue weighted by molar-refractivity contribution is 5.81. The maximum Gasteiger partial charge on any atom is 0.307 e. The van der Waals surface area contributed by atoms with Gasteiger partial charge in [0.25, 0.3) is 0 Å². The number of hydrogen-bond acceptors (Lipinski definition) is 5. The first-order valence-corrected chi connectivity index (χ1v) is 5.49. The third-order valence-corrected chi connectivity index (χ3v) is 2.66. The molecule has 0 unspecified atom stereocenters. The molecule has 108 valence electrons. The number of aliphatic carboxylic acids is 3. The Kier molecular flexibility index (Phi) is 4.52. The minimum Gasteiger partial charge on any atom is -0.508 e. The second-order valence-electron chi connectivity index (χ2n) is 4.13. The van der Waals surface area contributed by atoms with E-state index in [0.717, 1.165) is 6.07 Å². The summed E-state index contributed by atoms with van der Waals surface area (Å²) in [5, 5.41) is 36.2. The third kappa shape index (κ3) is 3.61. The van der Waals surface area contributed by atoms with Gasteiger partial charge in [0.2, 0.25) is 0 Å². The van der Waals surface area contributed by atoms with Crippen LogP contribution in [0.2, 0.25) is 0 Å². The van der Waals surface area contributed by atoms with Gasteiger partial charge in [-0.2, -0.15) is 0 Å². The molecule has 0 heterocycles. The largest absolute Gasteiger partial charge is 0.508 e. The number of aromatic hydroxyl groups is 1. The molecule has 0 fully saturated rings. The predicted molar refractivity (Wildman–Crippen MR) is 66.5 cm³/mol. The summed E-state index contributed by atoms with van der Waals surface area (Å²) in [7, 11) is 0. The van der Waals surface area contributed by atoms with Crippen molar-refractivity contribution in [3.05, 3.63) is 22.8 Å². The Morgan fingerprint density at radius 2 is 1.25 bits per heavy atom. The fourth-order valence-electron chi connectivity index (χ4n) is 1.91. The van der Waals surface area contributed by atoms with Crippen LogP contribution >= 0.6 is 0 Å². The van der Waals surface area contributed by atoms with Gasteiger partial charge in [-0.3, -0.25) is 14.4 Å². The Labute approximate surface area is 113 Å². The normalized spacial score (nSPS) is 10.2. The first kappa shape index (κ1) is 15.3. The fourth-order valence-corrected chi connectivity index (χ4v) is 1.91. The molecule has 1 aromatic rings. The number of hydrogen-bond donors (Lipinski definition) is 5. The number of rotatable bonds is 6. The Balaban J connectivity index is 3.50. The summed E-state index contributed by atoms with van der Waals surface area (Å²) in [4.78, 5) is 32.4. The molecule has 0 saturated carbocycles. The first-order valence-electron chi connectivity index (χ1n) is 5.49. The summed E-state index contributed by atoms with van der Waals surface area (Å²) in [6, 6.07) is 1.03. The second kappa shape index (κ2) is 5.91. The molecule has 0 saturated heterocycles. The Hall–Kier alpha value is -2.77. The molecular formula is C12H13NO7. The molecule has 8 heteroatoms. The zero-order chi connectivity index (χ0) is 15.4. The van der Waals surface area contributed by atoms with Crippen LogP contribution in [0.4, 0.5) is 5.69 Å². The number of carbonyl (C=O) groups is 3. The van der Waals surface area contributed by atoms with E-state index in [2.05, 4.69) is 0 Å². The Morgan fingerprint density at radius 1 is 0.850 bits per heavy atom. The third-order valence-electron chi connectivity index (χ3n) is 2.66. The van der Waals surface area contributed by atoms with Crippen molar-refractivity contribution in [3.8, 4) is 5.75 Å². The van der Waals surface area contributed by atoms with Gasteiger partial charge in [0, 0.05) is 17.3 Å². The van der Waals surface area contributed by atoms with Crippen molar-refractivity contribution < 1.29 is 34.8 Å². The van der Waals surface area contributed by atoms with Gasteiger partial charge < -0.3 is 26.2 Å². The lowest BCUT2D eigenvalue weighted by Gasteiger charge is -2.15. The van der Waals surface area contributed by atoms with Gasteiger partial charge in [-0.15, -0.1) is 0 Å². The van der Waals surface area contributed by atoms with E-state index in [-0.39, 0.29) is 22.4 Å². The van der Waals surface area contributed by atoms with Crippen LogP contribution in [0.3, 0.4) is 0 Å². The number of carboxylic acids is 3. The zero-order valence-corrected chi connectivity index (χ0v) is 10.3. The molecule has 1 rings (SSSR count). The topological polar surface area (TPSA) is 158 Å². The number of nitrogens with two attached hydrogens (primary N) is 1. The van der Waals surface area contributed by atoms with Gasteiger partial charge in [0.05, 0.1) is 19.3 Å². The van der Waals surface area contributed by atoms with Crippen LogP contribution in [-0.4, -0.2) is 38.3 Å². The van der Waals surface area contributed by atoms with Crippen LogP contribution < -0.4 is 5.73 Å². The van der Waals surface area contributed by atoms with Gasteiger partial charge in [-0.1, -0.05) is 0 Å². The molecule has 0 spiro atoms. The van der Waals surface area contributed by atoms with E-state index in [0.29, 0.717) is 0 Å². The molecule has 0 radical (unpaired) electrons. The van der Waals surface area contributed by atoms with Gasteiger partial charge in [-0.05, 0) is 11.1 Å². The van der Waals surface area contributed by atoms with Gasteiger partial charge in [-0.25, -0.2) is 0 Å². The highest BCUT2D eigenvalue weighted by Crippen LogP contribution is 2.31. The van der Waals surface area contributed by atoms with E-state index in [9.17, 15) is 19.5 Å². The summed E-state index contributed by atoms with van der Waals surface area (Å²) in [5.41, 5.74) is 5.30. The predicted octanol–water partition coefficient (Wildman–Crippen LogP) is -0.144. The highest BCUT2D eigenvalue weighted by atomic mass is 16.4. The van der Waals surface area contributed by atoms with Gasteiger partial charge >= 0.3 is 17.9 Å². The fraction of sp³-hybridized carbons (Fsp3) is 0.250. The number of anilines is 1. The Morgan fingerprint density at radius 3 is 1.70 bits per heavy atom. The van der Waals surface area contributed by atoms with Crippen LogP contribution in [0.25, 0.3) is 0 Å². The number of phenolic OH excluding ortho intramolecular Hbond substituents is 1. The molecule has 0 aliphatic carbocycles. The standard InChI is InChI=1S/C12H13NO7/c13-8-4-9(14)7(3-12(19)20)5(1-10(15)16)6(8)2-11(17)18/h4,14H,1-3,13H2,(H,15,16)(H,17,18)(H,19,20). The maximum atomic E-state index is 10.9. The summed E-state index contributed by atoms with van der Waals surface area (Å²) in [6.45, 7) is 0. The number of carboxylic acid groups (broad SMARTS) is 3. The lowest BCUT2D eigenvalue weighted by molar-refractivity contribution is -0.137. The smallest absolute Gasteiger partial charge is 0.307 e. The molecule has 1 aromatic carbocycles. The van der Waals surface area contributed by atoms with Gasteiger partial charge in [0.15, 0.2) is 0 Å². The molecule has 0 bridgehead atoms. The van der Waals surface area contributed by atoms with E-state index in [1.54, 1.807) is 0 Å². The number of nitrogen functional groups attached to an aromatic ring is 1. The van der Waals surface area contributed by atoms with Crippen molar-refractivity contribution in [2.45, 2.75) is 19.3 Å². The van der Waals surface area contributed by atoms with Crippen molar-refractivity contribution in [1.29, 1.82) is 0 Å². The van der Waals surface area contributed by atoms with E-state index < -0.39 is 42.9 Å². The first-order chi connectivity index (χ1) is 9.22. The molecule has 0 aliphatic heterocycles. The number of benzene rings is 1. The Bertz CT molecular complexity index is 539. The van der Waals surface area contributed by atoms with Crippen LogP contribution in [0, 0.1) is 0 Å². The van der Waals surface area contributed by atoms with Gasteiger partial charge in [0.1, 0.15) is 5.75 Å². The van der Waals surface area contributed by atoms with Crippen LogP contribution in [0.15, 0.2) is 6.07 Å². The van der Waals surface area contributed by atoms with E-state index >= 15 is 0 Å². The molecule has 0 amide bonds. The van der Waals surface area contributed by atoms with Crippen LogP contribution in [-0.2, 0) is 33.6 Å². The van der Waals surface area contributed by atoms with Crippen molar-refractivity contribution in [2.24, 2.45) is 0 Å². The van der Waals surface area contributed by atoms with Crippen molar-refractivity contribution >= 4 is 23.6 Å². The monoisotopic (exact) mass is 283 g/mol. The minimum absolute atomic E-state index is 0.00829. The van der Waals surface area contributed by atoms with Crippen molar-refractivity contribution in [3.63, 3.8) is 0 Å². The summed E-state index contributed by atoms with van der Waals surface area (Å²) in [5.74, 6) is -4.27.